The van der Waals surface area contributed by atoms with Crippen molar-refractivity contribution in [3.8, 4) is 0 Å². The Balaban J connectivity index is 1.64. The summed E-state index contributed by atoms with van der Waals surface area (Å²) in [5.41, 5.74) is 2.07. The molecule has 0 saturated carbocycles. The van der Waals surface area contributed by atoms with Crippen LogP contribution in [0, 0.1) is 0 Å². The second kappa shape index (κ2) is 9.61. The second-order valence-corrected chi connectivity index (χ2v) is 10.7. The SMILES string of the molecule is COC(=O)Cn1c(=O)/c(=C2\Sc3ccccc3N2C)s/c1=C\c1scc[n+]1Cc1ccccc1. The van der Waals surface area contributed by atoms with Crippen molar-refractivity contribution in [2.45, 2.75) is 18.0 Å². The van der Waals surface area contributed by atoms with E-state index in [1.807, 2.05) is 66.0 Å². The van der Waals surface area contributed by atoms with E-state index < -0.39 is 5.97 Å². The normalized spacial score (nSPS) is 15.0. The van der Waals surface area contributed by atoms with Crippen molar-refractivity contribution in [3.05, 3.63) is 96.3 Å². The van der Waals surface area contributed by atoms with Gasteiger partial charge in [-0.15, -0.1) is 11.3 Å². The number of carbonyl (C=O) groups is 1. The molecule has 0 saturated heterocycles. The smallest absolute Gasteiger partial charge is 0.325 e. The van der Waals surface area contributed by atoms with Gasteiger partial charge in [0.25, 0.3) is 10.6 Å². The number of fused-ring (bicyclic) bond motifs is 1. The van der Waals surface area contributed by atoms with Gasteiger partial charge in [0, 0.05) is 17.5 Å². The van der Waals surface area contributed by atoms with Crippen LogP contribution in [0.15, 0.2) is 75.9 Å². The van der Waals surface area contributed by atoms with Crippen molar-refractivity contribution in [1.82, 2.24) is 4.57 Å². The van der Waals surface area contributed by atoms with Crippen LogP contribution in [0.4, 0.5) is 5.69 Å². The third-order valence-electron chi connectivity index (χ3n) is 5.51. The van der Waals surface area contributed by atoms with Gasteiger partial charge in [-0.1, -0.05) is 65.6 Å². The summed E-state index contributed by atoms with van der Waals surface area (Å²) in [6, 6.07) is 18.3. The van der Waals surface area contributed by atoms with Gasteiger partial charge in [-0.05, 0) is 12.1 Å². The first-order chi connectivity index (χ1) is 16.5. The van der Waals surface area contributed by atoms with Crippen LogP contribution in [0.2, 0.25) is 0 Å². The fourth-order valence-corrected chi connectivity index (χ4v) is 7.01. The molecule has 0 bridgehead atoms. The molecule has 0 radical (unpaired) electrons. The Hall–Kier alpha value is -3.14. The van der Waals surface area contributed by atoms with Crippen LogP contribution >= 0.6 is 34.4 Å². The van der Waals surface area contributed by atoms with Crippen molar-refractivity contribution in [3.63, 3.8) is 0 Å². The lowest BCUT2D eigenvalue weighted by molar-refractivity contribution is -0.685. The number of carbonyl (C=O) groups excluding carboxylic acids is 1. The quantitative estimate of drug-likeness (QED) is 0.307. The first-order valence-corrected chi connectivity index (χ1v) is 13.1. The molecule has 0 aliphatic carbocycles. The topological polar surface area (TPSA) is 55.4 Å². The Kier molecular flexibility index (Phi) is 6.40. The number of methoxy groups -OCH3 is 1. The minimum Gasteiger partial charge on any atom is -0.468 e. The highest BCUT2D eigenvalue weighted by Gasteiger charge is 2.25. The number of esters is 1. The summed E-state index contributed by atoms with van der Waals surface area (Å²) in [6.45, 7) is 0.594. The highest BCUT2D eigenvalue weighted by molar-refractivity contribution is 8.08. The van der Waals surface area contributed by atoms with E-state index in [4.69, 9.17) is 4.74 Å². The molecule has 2 aromatic carbocycles. The van der Waals surface area contributed by atoms with Crippen molar-refractivity contribution in [2.75, 3.05) is 19.1 Å². The second-order valence-electron chi connectivity index (χ2n) is 7.67. The van der Waals surface area contributed by atoms with E-state index in [9.17, 15) is 9.59 Å². The van der Waals surface area contributed by atoms with Gasteiger partial charge in [0.05, 0.1) is 24.3 Å². The Bertz CT molecular complexity index is 1540. The summed E-state index contributed by atoms with van der Waals surface area (Å²) in [5.74, 6) is -0.454. The van der Waals surface area contributed by atoms with E-state index in [0.717, 1.165) is 27.2 Å². The summed E-state index contributed by atoms with van der Waals surface area (Å²) in [7, 11) is 3.30. The van der Waals surface area contributed by atoms with Gasteiger partial charge in [-0.3, -0.25) is 14.2 Å². The number of benzene rings is 2. The molecule has 172 valence electrons. The van der Waals surface area contributed by atoms with E-state index in [-0.39, 0.29) is 12.1 Å². The maximum absolute atomic E-state index is 13.5. The largest absolute Gasteiger partial charge is 0.468 e. The number of rotatable bonds is 5. The molecular formula is C25H22N3O3S3+. The van der Waals surface area contributed by atoms with E-state index >= 15 is 0 Å². The number of hydrogen-bond acceptors (Lipinski definition) is 7. The molecule has 1 aliphatic heterocycles. The fraction of sp³-hybridized carbons (Fsp3) is 0.160. The monoisotopic (exact) mass is 508 g/mol. The molecule has 0 unspecified atom stereocenters. The molecule has 4 aromatic rings. The molecule has 0 N–H and O–H groups in total. The maximum atomic E-state index is 13.5. The number of para-hydroxylation sites is 1. The Morgan fingerprint density at radius 3 is 2.65 bits per heavy atom. The van der Waals surface area contributed by atoms with Crippen LogP contribution in [-0.2, 0) is 22.6 Å². The predicted molar refractivity (Wildman–Crippen MR) is 138 cm³/mol. The van der Waals surface area contributed by atoms with Gasteiger partial charge in [0.1, 0.15) is 20.8 Å². The summed E-state index contributed by atoms with van der Waals surface area (Å²) in [5, 5.41) is 3.90. The molecule has 0 fully saturated rings. The van der Waals surface area contributed by atoms with Crippen molar-refractivity contribution < 1.29 is 14.1 Å². The average molecular weight is 509 g/mol. The number of thioether (sulfide) groups is 1. The maximum Gasteiger partial charge on any atom is 0.325 e. The number of aromatic nitrogens is 2. The molecule has 0 amide bonds. The number of nitrogens with zero attached hydrogens (tertiary/aromatic N) is 3. The van der Waals surface area contributed by atoms with Gasteiger partial charge in [0.2, 0.25) is 0 Å². The van der Waals surface area contributed by atoms with Gasteiger partial charge < -0.3 is 9.64 Å². The first kappa shape index (κ1) is 22.6. The number of ether oxygens (including phenoxy) is 1. The van der Waals surface area contributed by atoms with Crippen LogP contribution in [0.3, 0.4) is 0 Å². The number of thiazole rings is 2. The molecule has 0 atom stereocenters. The van der Waals surface area contributed by atoms with E-state index in [1.54, 1.807) is 23.1 Å². The zero-order valence-electron chi connectivity index (χ0n) is 18.6. The zero-order chi connectivity index (χ0) is 23.7. The molecule has 5 rings (SSSR count). The van der Waals surface area contributed by atoms with Crippen molar-refractivity contribution in [2.24, 2.45) is 0 Å². The molecule has 34 heavy (non-hydrogen) atoms. The lowest BCUT2D eigenvalue weighted by Crippen LogP contribution is -2.37. The van der Waals surface area contributed by atoms with Gasteiger partial charge in [-0.25, -0.2) is 0 Å². The van der Waals surface area contributed by atoms with Crippen LogP contribution in [0.1, 0.15) is 10.6 Å². The van der Waals surface area contributed by atoms with Crippen LogP contribution in [0.25, 0.3) is 11.1 Å². The lowest BCUT2D eigenvalue weighted by atomic mass is 10.2. The average Bonchev–Trinajstić information content (AvgIpc) is 3.52. The summed E-state index contributed by atoms with van der Waals surface area (Å²) >= 11 is 4.58. The summed E-state index contributed by atoms with van der Waals surface area (Å²) < 4.78 is 9.87. The molecule has 3 heterocycles. The summed E-state index contributed by atoms with van der Waals surface area (Å²) in [4.78, 5) is 28.8. The first-order valence-electron chi connectivity index (χ1n) is 10.6. The Morgan fingerprint density at radius 2 is 1.88 bits per heavy atom. The minimum absolute atomic E-state index is 0.129. The molecule has 2 aromatic heterocycles. The molecule has 6 nitrogen and oxygen atoms in total. The molecule has 1 aliphatic rings. The van der Waals surface area contributed by atoms with Crippen LogP contribution in [-0.4, -0.2) is 24.7 Å². The Morgan fingerprint density at radius 1 is 1.12 bits per heavy atom. The fourth-order valence-electron chi connectivity index (χ4n) is 3.76. The van der Waals surface area contributed by atoms with E-state index in [2.05, 4.69) is 22.8 Å². The third-order valence-corrected chi connectivity index (χ3v) is 8.85. The molecule has 0 spiro atoms. The zero-order valence-corrected chi connectivity index (χ0v) is 21.1. The highest BCUT2D eigenvalue weighted by atomic mass is 32.2. The van der Waals surface area contributed by atoms with Gasteiger partial charge in [-0.2, -0.15) is 4.57 Å². The van der Waals surface area contributed by atoms with E-state index in [1.165, 1.54) is 28.6 Å². The predicted octanol–water partition coefficient (Wildman–Crippen LogP) is 2.62. The third kappa shape index (κ3) is 4.34. The number of anilines is 1. The standard InChI is InChI=1S/C25H22N3O3S3/c1-26-18-10-6-7-11-19(18)33-25(26)23-24(30)28(16-22(29)31-2)21(34-23)14-20-27(12-13-32-20)15-17-8-4-3-5-9-17/h3-14H,15-16H2,1-2H3/q+1/b25-23+. The van der Waals surface area contributed by atoms with E-state index in [0.29, 0.717) is 9.20 Å². The molecule has 9 heteroatoms. The van der Waals surface area contributed by atoms with Crippen molar-refractivity contribution >= 4 is 57.2 Å². The minimum atomic E-state index is -0.454. The van der Waals surface area contributed by atoms with Crippen LogP contribution < -0.4 is 24.2 Å². The lowest BCUT2D eigenvalue weighted by Gasteiger charge is -2.11. The van der Waals surface area contributed by atoms with Gasteiger partial charge >= 0.3 is 5.97 Å². The van der Waals surface area contributed by atoms with Crippen LogP contribution in [0.5, 0.6) is 0 Å². The molecular weight excluding hydrogens is 486 g/mol. The van der Waals surface area contributed by atoms with Gasteiger partial charge in [0.15, 0.2) is 12.7 Å². The van der Waals surface area contributed by atoms with Crippen molar-refractivity contribution in [1.29, 1.82) is 0 Å². The Labute approximate surface area is 208 Å². The number of hydrogen-bond donors (Lipinski definition) is 0. The highest BCUT2D eigenvalue weighted by Crippen LogP contribution is 2.44. The summed E-state index contributed by atoms with van der Waals surface area (Å²) in [6.07, 6.45) is 4.02.